The smallest absolute Gasteiger partial charge is 0.186 e. The average molecular weight is 627 g/mol. The van der Waals surface area contributed by atoms with Crippen LogP contribution in [0.3, 0.4) is 0 Å². The van der Waals surface area contributed by atoms with Crippen molar-refractivity contribution in [1.29, 1.82) is 0 Å². The molecule has 0 aromatic carbocycles. The predicted octanol–water partition coefficient (Wildman–Crippen LogP) is 10.3. The summed E-state index contributed by atoms with van der Waals surface area (Å²) in [6.45, 7) is 19.4. The molecule has 0 aliphatic carbocycles. The number of carbonyl (C=O) groups excluding carboxylic acids is 1. The monoisotopic (exact) mass is 626 g/mol. The van der Waals surface area contributed by atoms with E-state index in [-0.39, 0.29) is 5.78 Å². The third kappa shape index (κ3) is 20.2. The molecule has 0 aliphatic heterocycles. The second kappa shape index (κ2) is 22.6. The van der Waals surface area contributed by atoms with Crippen LogP contribution in [-0.4, -0.2) is 42.4 Å². The van der Waals surface area contributed by atoms with E-state index in [9.17, 15) is 9.90 Å². The van der Waals surface area contributed by atoms with Crippen molar-refractivity contribution in [3.63, 3.8) is 0 Å². The normalized spacial score (nSPS) is 16.7. The molecule has 0 bridgehead atoms. The molecular weight excluding hydrogens is 568 g/mol. The lowest BCUT2D eigenvalue weighted by Gasteiger charge is -2.26. The lowest BCUT2D eigenvalue weighted by Crippen LogP contribution is -2.36. The van der Waals surface area contributed by atoms with Gasteiger partial charge in [-0.2, -0.15) is 0 Å². The van der Waals surface area contributed by atoms with Crippen LogP contribution >= 0.6 is 0 Å². The van der Waals surface area contributed by atoms with E-state index < -0.39 is 17.3 Å². The topological polar surface area (TPSA) is 55.8 Å². The van der Waals surface area contributed by atoms with Crippen molar-refractivity contribution in [3.8, 4) is 0 Å². The van der Waals surface area contributed by atoms with Gasteiger partial charge in [-0.05, 0) is 75.3 Å². The number of carbonyl (C=O) groups is 1. The molecule has 1 unspecified atom stereocenters. The predicted molar refractivity (Wildman–Crippen MR) is 200 cm³/mol. The summed E-state index contributed by atoms with van der Waals surface area (Å²) in [6.07, 6.45) is 39.0. The minimum atomic E-state index is -0.809. The maximum Gasteiger partial charge on any atom is 0.186 e. The first kappa shape index (κ1) is 42.2. The molecule has 4 heteroatoms. The zero-order chi connectivity index (χ0) is 35.2. The molecule has 1 atom stereocenters. The van der Waals surface area contributed by atoms with Gasteiger partial charge in [-0.3, -0.25) is 4.79 Å². The van der Waals surface area contributed by atoms with E-state index in [0.717, 1.165) is 33.4 Å². The highest BCUT2D eigenvalue weighted by molar-refractivity contribution is 5.96. The molecule has 4 nitrogen and oxygen atoms in total. The number of aliphatic hydroxyl groups is 1. The van der Waals surface area contributed by atoms with Crippen LogP contribution in [0.2, 0.25) is 0 Å². The maximum absolute atomic E-state index is 12.1. The first-order valence-corrected chi connectivity index (χ1v) is 15.6. The van der Waals surface area contributed by atoms with Gasteiger partial charge in [0.1, 0.15) is 11.7 Å². The van der Waals surface area contributed by atoms with Gasteiger partial charge in [0.15, 0.2) is 5.78 Å². The van der Waals surface area contributed by atoms with Crippen molar-refractivity contribution in [2.45, 2.75) is 86.5 Å². The Morgan fingerprint density at radius 2 is 0.826 bits per heavy atom. The Labute approximate surface area is 280 Å². The Balaban J connectivity index is 4.91. The lowest BCUT2D eigenvalue weighted by atomic mass is 10.0. The molecule has 1 N–H and O–H groups in total. The van der Waals surface area contributed by atoms with E-state index in [1.165, 1.54) is 7.11 Å². The Morgan fingerprint density at radius 1 is 0.500 bits per heavy atom. The van der Waals surface area contributed by atoms with Gasteiger partial charge in [0, 0.05) is 14.2 Å². The van der Waals surface area contributed by atoms with Crippen LogP contribution in [0.1, 0.15) is 69.2 Å². The summed E-state index contributed by atoms with van der Waals surface area (Å²) in [6, 6.07) is 0. The average Bonchev–Trinajstić information content (AvgIpc) is 3.00. The third-order valence-electron chi connectivity index (χ3n) is 7.08. The van der Waals surface area contributed by atoms with Gasteiger partial charge < -0.3 is 14.6 Å². The van der Waals surface area contributed by atoms with Gasteiger partial charge in [-0.15, -0.1) is 0 Å². The fourth-order valence-electron chi connectivity index (χ4n) is 3.26. The van der Waals surface area contributed by atoms with Crippen molar-refractivity contribution >= 4 is 5.78 Å². The van der Waals surface area contributed by atoms with Gasteiger partial charge in [0.25, 0.3) is 0 Å². The molecule has 250 valence electrons. The molecule has 0 radical (unpaired) electrons. The number of ketones is 1. The zero-order valence-corrected chi connectivity index (χ0v) is 30.3. The summed E-state index contributed by atoms with van der Waals surface area (Å²) in [7, 11) is 3.14. The van der Waals surface area contributed by atoms with Crippen molar-refractivity contribution in [3.05, 3.63) is 155 Å². The quantitative estimate of drug-likeness (QED) is 0.121. The van der Waals surface area contributed by atoms with E-state index in [4.69, 9.17) is 9.47 Å². The van der Waals surface area contributed by atoms with E-state index in [1.54, 1.807) is 39.2 Å². The number of rotatable bonds is 18. The summed E-state index contributed by atoms with van der Waals surface area (Å²) < 4.78 is 10.5. The van der Waals surface area contributed by atoms with Gasteiger partial charge in [0.05, 0.1) is 5.60 Å². The first-order valence-electron chi connectivity index (χ1n) is 15.6. The molecule has 0 saturated heterocycles. The highest BCUT2D eigenvalue weighted by Gasteiger charge is 2.25. The van der Waals surface area contributed by atoms with E-state index in [0.29, 0.717) is 0 Å². The number of aliphatic hydroxyl groups excluding tert-OH is 1. The Bertz CT molecular complexity index is 1370. The van der Waals surface area contributed by atoms with Crippen LogP contribution in [0, 0.1) is 0 Å². The van der Waals surface area contributed by atoms with Gasteiger partial charge in [-0.1, -0.05) is 149 Å². The number of methoxy groups -OCH3 is 2. The van der Waals surface area contributed by atoms with E-state index in [1.807, 2.05) is 95.4 Å². The zero-order valence-electron chi connectivity index (χ0n) is 30.3. The number of ether oxygens (including phenoxy) is 2. The van der Waals surface area contributed by atoms with Gasteiger partial charge in [0.2, 0.25) is 0 Å². The minimum Gasteiger partial charge on any atom is -0.386 e. The largest absolute Gasteiger partial charge is 0.386 e. The van der Waals surface area contributed by atoms with Crippen molar-refractivity contribution in [2.75, 3.05) is 14.2 Å². The lowest BCUT2D eigenvalue weighted by molar-refractivity contribution is -0.131. The Hall–Kier alpha value is -3.83. The van der Waals surface area contributed by atoms with Gasteiger partial charge in [-0.25, -0.2) is 0 Å². The van der Waals surface area contributed by atoms with Crippen molar-refractivity contribution in [1.82, 2.24) is 0 Å². The Morgan fingerprint density at radius 3 is 1.17 bits per heavy atom. The second-order valence-corrected chi connectivity index (χ2v) is 12.3. The van der Waals surface area contributed by atoms with E-state index >= 15 is 0 Å². The SMILES string of the molecule is COC(C)(C)C(=O)/C=C/C(C)=C/C=C/C(C)=C/C=C/C(C)=C/C=C/C=C(C)/C=C/C=C(C)/C=C/C=C(C)/C=C/C(O)C(C)(C)OC. The highest BCUT2D eigenvalue weighted by Crippen LogP contribution is 2.15. The summed E-state index contributed by atoms with van der Waals surface area (Å²) in [5.74, 6) is -0.0622. The summed E-state index contributed by atoms with van der Waals surface area (Å²) >= 11 is 0. The van der Waals surface area contributed by atoms with Gasteiger partial charge >= 0.3 is 0 Å². The molecule has 0 rings (SSSR count). The third-order valence-corrected chi connectivity index (χ3v) is 7.08. The Kier molecular flexibility index (Phi) is 20.8. The maximum atomic E-state index is 12.1. The van der Waals surface area contributed by atoms with Crippen LogP contribution in [0.5, 0.6) is 0 Å². The summed E-state index contributed by atoms with van der Waals surface area (Å²) in [5.41, 5.74) is 5.16. The molecule has 0 amide bonds. The molecule has 0 fully saturated rings. The molecule has 0 aromatic heterocycles. The summed E-state index contributed by atoms with van der Waals surface area (Å²) in [4.78, 5) is 12.1. The van der Waals surface area contributed by atoms with Crippen LogP contribution in [0.25, 0.3) is 0 Å². The second-order valence-electron chi connectivity index (χ2n) is 12.3. The van der Waals surface area contributed by atoms with Crippen LogP contribution in [0.15, 0.2) is 155 Å². The summed E-state index contributed by atoms with van der Waals surface area (Å²) in [5, 5.41) is 10.2. The molecular formula is C42H58O4. The fourth-order valence-corrected chi connectivity index (χ4v) is 3.26. The van der Waals surface area contributed by atoms with Crippen LogP contribution in [-0.2, 0) is 14.3 Å². The number of allylic oxidation sites excluding steroid dienone is 24. The molecule has 0 saturated carbocycles. The number of hydrogen-bond donors (Lipinski definition) is 1. The van der Waals surface area contributed by atoms with E-state index in [2.05, 4.69) is 63.3 Å². The number of hydrogen-bond acceptors (Lipinski definition) is 4. The first-order chi connectivity index (χ1) is 21.5. The highest BCUT2D eigenvalue weighted by atomic mass is 16.5. The molecule has 0 heterocycles. The van der Waals surface area contributed by atoms with Crippen molar-refractivity contribution in [2.24, 2.45) is 0 Å². The van der Waals surface area contributed by atoms with Crippen molar-refractivity contribution < 1.29 is 19.4 Å². The standard InChI is InChI=1S/C42H58O4/c1-33(21-15-23-35(3)25-17-27-37(5)29-31-39(43)41(7,8)45-11)19-13-14-20-34(2)22-16-24-36(4)26-18-28-38(6)30-32-40(44)42(9,10)46-12/h13-32,39,43H,1-12H3/b14-13+,21-15+,22-16+,25-17+,26-18+,31-29+,32-30+,33-19+,34-20+,35-23+,36-24+,37-27+,38-28+. The molecule has 0 spiro atoms. The van der Waals surface area contributed by atoms with Crippen LogP contribution < -0.4 is 0 Å². The molecule has 0 aromatic rings. The molecule has 0 aliphatic rings. The minimum absolute atomic E-state index is 0.0622. The fraction of sp³-hybridized carbons (Fsp3) is 0.357. The van der Waals surface area contributed by atoms with Crippen LogP contribution in [0.4, 0.5) is 0 Å². The molecule has 46 heavy (non-hydrogen) atoms.